The van der Waals surface area contributed by atoms with Crippen LogP contribution in [-0.2, 0) is 0 Å². The second-order valence-electron chi connectivity index (χ2n) is 4.19. The predicted molar refractivity (Wildman–Crippen MR) is 80.6 cm³/mol. The van der Waals surface area contributed by atoms with Gasteiger partial charge in [-0.1, -0.05) is 6.07 Å². The van der Waals surface area contributed by atoms with E-state index >= 15 is 0 Å². The number of carbonyl (C=O) groups excluding carboxylic acids is 1. The number of aromatic nitrogens is 1. The van der Waals surface area contributed by atoms with Gasteiger partial charge in [-0.05, 0) is 52.7 Å². The average Bonchev–Trinajstić information content (AvgIpc) is 2.44. The number of hydrogen-bond donors (Lipinski definition) is 2. The van der Waals surface area contributed by atoms with Crippen LogP contribution in [0.5, 0.6) is 0 Å². The van der Waals surface area contributed by atoms with E-state index in [-0.39, 0.29) is 17.4 Å². The second-order valence-corrected chi connectivity index (χ2v) is 5.05. The van der Waals surface area contributed by atoms with Crippen molar-refractivity contribution < 1.29 is 9.18 Å². The van der Waals surface area contributed by atoms with Gasteiger partial charge < -0.3 is 10.6 Å². The smallest absolute Gasteiger partial charge is 0.274 e. The molecule has 1 heterocycles. The third-order valence-corrected chi connectivity index (χ3v) is 3.36. The number of hydrogen-bond acceptors (Lipinski definition) is 3. The summed E-state index contributed by atoms with van der Waals surface area (Å²) >= 11 is 3.10. The lowest BCUT2D eigenvalue weighted by molar-refractivity contribution is 0.102. The first-order valence-corrected chi connectivity index (χ1v) is 6.72. The molecule has 0 unspecified atom stereocenters. The third kappa shape index (κ3) is 3.14. The van der Waals surface area contributed by atoms with Crippen molar-refractivity contribution in [1.29, 1.82) is 0 Å². The molecule has 0 aliphatic heterocycles. The summed E-state index contributed by atoms with van der Waals surface area (Å²) in [5.41, 5.74) is 1.47. The highest BCUT2D eigenvalue weighted by Crippen LogP contribution is 2.24. The Bertz CT molecular complexity index is 661. The third-order valence-electron chi connectivity index (χ3n) is 2.75. The van der Waals surface area contributed by atoms with Crippen LogP contribution >= 0.6 is 15.9 Å². The van der Waals surface area contributed by atoms with E-state index in [1.165, 1.54) is 12.1 Å². The van der Waals surface area contributed by atoms with E-state index in [2.05, 4.69) is 31.5 Å². The van der Waals surface area contributed by atoms with Crippen LogP contribution in [0.3, 0.4) is 0 Å². The van der Waals surface area contributed by atoms with Crippen LogP contribution in [0.2, 0.25) is 0 Å². The van der Waals surface area contributed by atoms with Gasteiger partial charge in [0.25, 0.3) is 5.91 Å². The average molecular weight is 338 g/mol. The number of anilines is 2. The van der Waals surface area contributed by atoms with Crippen LogP contribution in [0.1, 0.15) is 16.1 Å². The zero-order chi connectivity index (χ0) is 14.7. The van der Waals surface area contributed by atoms with Crippen molar-refractivity contribution in [3.8, 4) is 0 Å². The first-order valence-electron chi connectivity index (χ1n) is 5.93. The number of aryl methyl sites for hydroxylation is 1. The van der Waals surface area contributed by atoms with Crippen LogP contribution < -0.4 is 10.6 Å². The molecule has 1 aromatic carbocycles. The Labute approximate surface area is 124 Å². The molecule has 6 heteroatoms. The molecule has 20 heavy (non-hydrogen) atoms. The summed E-state index contributed by atoms with van der Waals surface area (Å²) in [5, 5.41) is 5.59. The SMILES string of the molecule is CNc1cccc(C(=O)Nc2cc(Br)c(F)cc2C)n1. The van der Waals surface area contributed by atoms with E-state index in [1.54, 1.807) is 32.2 Å². The lowest BCUT2D eigenvalue weighted by Gasteiger charge is -2.10. The Kier molecular flexibility index (Phi) is 4.34. The van der Waals surface area contributed by atoms with Crippen LogP contribution in [-0.4, -0.2) is 17.9 Å². The Morgan fingerprint density at radius 2 is 2.10 bits per heavy atom. The lowest BCUT2D eigenvalue weighted by atomic mass is 10.2. The molecule has 2 rings (SSSR count). The van der Waals surface area contributed by atoms with E-state index in [9.17, 15) is 9.18 Å². The van der Waals surface area contributed by atoms with Crippen LogP contribution in [0.4, 0.5) is 15.9 Å². The van der Waals surface area contributed by atoms with Crippen molar-refractivity contribution in [2.45, 2.75) is 6.92 Å². The predicted octanol–water partition coefficient (Wildman–Crippen LogP) is 3.59. The fraction of sp³-hybridized carbons (Fsp3) is 0.143. The summed E-state index contributed by atoms with van der Waals surface area (Å²) in [5.74, 6) is -0.103. The summed E-state index contributed by atoms with van der Waals surface area (Å²) in [4.78, 5) is 16.3. The molecule has 0 atom stereocenters. The molecule has 1 amide bonds. The van der Waals surface area contributed by atoms with E-state index in [0.717, 1.165) is 0 Å². The Morgan fingerprint density at radius 1 is 1.35 bits per heavy atom. The maximum Gasteiger partial charge on any atom is 0.274 e. The van der Waals surface area contributed by atoms with Crippen molar-refractivity contribution in [2.24, 2.45) is 0 Å². The van der Waals surface area contributed by atoms with Gasteiger partial charge in [0.1, 0.15) is 17.3 Å². The van der Waals surface area contributed by atoms with Crippen molar-refractivity contribution in [1.82, 2.24) is 4.98 Å². The summed E-state index contributed by atoms with van der Waals surface area (Å²) in [6.07, 6.45) is 0. The monoisotopic (exact) mass is 337 g/mol. The minimum absolute atomic E-state index is 0.289. The van der Waals surface area contributed by atoms with E-state index < -0.39 is 0 Å². The molecule has 4 nitrogen and oxygen atoms in total. The minimum atomic E-state index is -0.365. The standard InChI is InChI=1S/C14H13BrFN3O/c1-8-6-10(16)9(15)7-12(8)19-14(20)11-4-3-5-13(17-2)18-11/h3-7H,1-2H3,(H,17,18)(H,19,20). The molecule has 0 radical (unpaired) electrons. The van der Waals surface area contributed by atoms with Gasteiger partial charge in [-0.15, -0.1) is 0 Å². The van der Waals surface area contributed by atoms with E-state index in [4.69, 9.17) is 0 Å². The molecular formula is C14H13BrFN3O. The van der Waals surface area contributed by atoms with Gasteiger partial charge in [0, 0.05) is 12.7 Å². The maximum absolute atomic E-state index is 13.3. The van der Waals surface area contributed by atoms with E-state index in [1.807, 2.05) is 0 Å². The van der Waals surface area contributed by atoms with Gasteiger partial charge in [-0.3, -0.25) is 4.79 Å². The number of rotatable bonds is 3. The Balaban J connectivity index is 2.25. The van der Waals surface area contributed by atoms with Gasteiger partial charge in [-0.2, -0.15) is 0 Å². The minimum Gasteiger partial charge on any atom is -0.373 e. The van der Waals surface area contributed by atoms with Gasteiger partial charge in [0.15, 0.2) is 0 Å². The topological polar surface area (TPSA) is 54.0 Å². The fourth-order valence-corrected chi connectivity index (χ4v) is 2.01. The highest BCUT2D eigenvalue weighted by atomic mass is 79.9. The molecule has 0 bridgehead atoms. The van der Waals surface area contributed by atoms with Crippen LogP contribution in [0.15, 0.2) is 34.8 Å². The molecule has 1 aromatic heterocycles. The molecular weight excluding hydrogens is 325 g/mol. The molecule has 104 valence electrons. The number of amides is 1. The summed E-state index contributed by atoms with van der Waals surface area (Å²) in [6, 6.07) is 8.00. The Hall–Kier alpha value is -1.95. The van der Waals surface area contributed by atoms with Gasteiger partial charge in [-0.25, -0.2) is 9.37 Å². The number of nitrogens with zero attached hydrogens (tertiary/aromatic N) is 1. The molecule has 0 saturated carbocycles. The fourth-order valence-electron chi connectivity index (χ4n) is 1.67. The highest BCUT2D eigenvalue weighted by molar-refractivity contribution is 9.10. The maximum atomic E-state index is 13.3. The normalized spacial score (nSPS) is 10.2. The number of benzene rings is 1. The molecule has 0 spiro atoms. The van der Waals surface area contributed by atoms with Crippen molar-refractivity contribution >= 4 is 33.3 Å². The number of pyridine rings is 1. The van der Waals surface area contributed by atoms with Crippen LogP contribution in [0, 0.1) is 12.7 Å². The summed E-state index contributed by atoms with van der Waals surface area (Å²) in [6.45, 7) is 1.72. The van der Waals surface area contributed by atoms with E-state index in [0.29, 0.717) is 21.5 Å². The molecule has 0 fully saturated rings. The summed E-state index contributed by atoms with van der Waals surface area (Å²) in [7, 11) is 1.73. The molecule has 2 aromatic rings. The Morgan fingerprint density at radius 3 is 2.80 bits per heavy atom. The van der Waals surface area contributed by atoms with Crippen molar-refractivity contribution in [3.63, 3.8) is 0 Å². The zero-order valence-corrected chi connectivity index (χ0v) is 12.6. The molecule has 2 N–H and O–H groups in total. The molecule has 0 saturated heterocycles. The highest BCUT2D eigenvalue weighted by Gasteiger charge is 2.11. The largest absolute Gasteiger partial charge is 0.373 e. The lowest BCUT2D eigenvalue weighted by Crippen LogP contribution is -2.15. The van der Waals surface area contributed by atoms with Gasteiger partial charge in [0.2, 0.25) is 0 Å². The van der Waals surface area contributed by atoms with Crippen molar-refractivity contribution in [2.75, 3.05) is 17.7 Å². The van der Waals surface area contributed by atoms with Crippen molar-refractivity contribution in [3.05, 3.63) is 51.9 Å². The number of nitrogens with one attached hydrogen (secondary N) is 2. The number of carbonyl (C=O) groups is 1. The quantitative estimate of drug-likeness (QED) is 0.899. The molecule has 0 aliphatic rings. The zero-order valence-electron chi connectivity index (χ0n) is 11.0. The van der Waals surface area contributed by atoms with Gasteiger partial charge >= 0.3 is 0 Å². The summed E-state index contributed by atoms with van der Waals surface area (Å²) < 4.78 is 13.6. The molecule has 0 aliphatic carbocycles. The second kappa shape index (κ2) is 6.00. The van der Waals surface area contributed by atoms with Crippen LogP contribution in [0.25, 0.3) is 0 Å². The number of halogens is 2. The first-order chi connectivity index (χ1) is 9.51. The first kappa shape index (κ1) is 14.5. The van der Waals surface area contributed by atoms with Gasteiger partial charge in [0.05, 0.1) is 4.47 Å².